The summed E-state index contributed by atoms with van der Waals surface area (Å²) in [6.45, 7) is 5.58. The van der Waals surface area contributed by atoms with Gasteiger partial charge in [-0.1, -0.05) is 29.8 Å². The van der Waals surface area contributed by atoms with Crippen LogP contribution in [0.1, 0.15) is 30.4 Å². The van der Waals surface area contributed by atoms with Gasteiger partial charge in [-0.25, -0.2) is 9.36 Å². The van der Waals surface area contributed by atoms with E-state index in [-0.39, 0.29) is 11.2 Å². The van der Waals surface area contributed by atoms with Crippen molar-refractivity contribution in [1.29, 1.82) is 0 Å². The number of hydrogen-bond donors (Lipinski definition) is 0. The van der Waals surface area contributed by atoms with Crippen LogP contribution in [0.15, 0.2) is 46.0 Å². The summed E-state index contributed by atoms with van der Waals surface area (Å²) < 4.78 is 2.98. The highest BCUT2D eigenvalue weighted by atomic mass is 35.5. The van der Waals surface area contributed by atoms with Gasteiger partial charge in [-0.2, -0.15) is 0 Å². The van der Waals surface area contributed by atoms with E-state index in [4.69, 9.17) is 11.6 Å². The number of likely N-dealkylation sites (tertiary alicyclic amines) is 1. The Labute approximate surface area is 175 Å². The van der Waals surface area contributed by atoms with Crippen LogP contribution < -0.4 is 11.2 Å². The molecule has 152 valence electrons. The predicted octanol–water partition coefficient (Wildman–Crippen LogP) is 3.91. The molecule has 1 saturated heterocycles. The van der Waals surface area contributed by atoms with Crippen LogP contribution in [0, 0.1) is 13.8 Å². The van der Waals surface area contributed by atoms with Crippen LogP contribution in [0.3, 0.4) is 0 Å². The summed E-state index contributed by atoms with van der Waals surface area (Å²) in [5.41, 5.74) is 2.40. The van der Waals surface area contributed by atoms with Crippen LogP contribution in [0.5, 0.6) is 0 Å². The van der Waals surface area contributed by atoms with Crippen molar-refractivity contribution < 1.29 is 0 Å². The van der Waals surface area contributed by atoms with Gasteiger partial charge >= 0.3 is 5.69 Å². The maximum absolute atomic E-state index is 13.5. The van der Waals surface area contributed by atoms with Gasteiger partial charge in [0, 0.05) is 12.6 Å². The highest BCUT2D eigenvalue weighted by molar-refractivity contribution is 6.32. The number of halogens is 1. The van der Waals surface area contributed by atoms with E-state index in [2.05, 4.69) is 11.9 Å². The molecule has 1 atom stereocenters. The minimum Gasteiger partial charge on any atom is -0.303 e. The molecule has 2 heterocycles. The van der Waals surface area contributed by atoms with Crippen molar-refractivity contribution >= 4 is 22.5 Å². The molecule has 4 rings (SSSR count). The van der Waals surface area contributed by atoms with E-state index >= 15 is 0 Å². The molecule has 0 spiro atoms. The molecule has 1 aliphatic heterocycles. The largest absolute Gasteiger partial charge is 0.336 e. The number of fused-ring (bicyclic) bond motifs is 1. The van der Waals surface area contributed by atoms with Crippen molar-refractivity contribution in [1.82, 2.24) is 14.0 Å². The van der Waals surface area contributed by atoms with Gasteiger partial charge < -0.3 is 4.90 Å². The average molecular weight is 412 g/mol. The summed E-state index contributed by atoms with van der Waals surface area (Å²) in [6.07, 6.45) is 3.21. The second-order valence-corrected chi connectivity index (χ2v) is 8.47. The average Bonchev–Trinajstić information content (AvgIpc) is 3.07. The van der Waals surface area contributed by atoms with Crippen molar-refractivity contribution in [3.8, 4) is 5.69 Å². The molecule has 0 saturated carbocycles. The Bertz CT molecular complexity index is 1200. The normalized spacial score (nSPS) is 17.3. The smallest absolute Gasteiger partial charge is 0.303 e. The van der Waals surface area contributed by atoms with E-state index in [1.807, 2.05) is 26.0 Å². The lowest BCUT2D eigenvalue weighted by molar-refractivity contribution is 0.286. The van der Waals surface area contributed by atoms with Crippen LogP contribution >= 0.6 is 11.6 Å². The van der Waals surface area contributed by atoms with Gasteiger partial charge in [0.15, 0.2) is 0 Å². The van der Waals surface area contributed by atoms with E-state index in [9.17, 15) is 9.59 Å². The molecular weight excluding hydrogens is 386 g/mol. The molecule has 6 heteroatoms. The summed E-state index contributed by atoms with van der Waals surface area (Å²) in [4.78, 5) is 29.3. The zero-order chi connectivity index (χ0) is 20.7. The van der Waals surface area contributed by atoms with Gasteiger partial charge in [0.25, 0.3) is 5.56 Å². The minimum absolute atomic E-state index is 0.315. The highest BCUT2D eigenvalue weighted by Gasteiger charge is 2.23. The minimum atomic E-state index is -0.332. The first kappa shape index (κ1) is 19.9. The molecule has 2 aromatic carbocycles. The van der Waals surface area contributed by atoms with E-state index in [0.717, 1.165) is 30.5 Å². The molecule has 1 unspecified atom stereocenters. The fourth-order valence-electron chi connectivity index (χ4n) is 4.54. The molecule has 0 bridgehead atoms. The monoisotopic (exact) mass is 411 g/mol. The van der Waals surface area contributed by atoms with Crippen LogP contribution in [0.2, 0.25) is 5.02 Å². The van der Waals surface area contributed by atoms with Crippen molar-refractivity contribution in [2.75, 3.05) is 13.6 Å². The SMILES string of the molecule is Cc1cc(C)c2c(=O)n(-c3ccccc3Cl)c(=O)n(CCC3CCCN3C)c2c1. The van der Waals surface area contributed by atoms with Crippen LogP contribution in [-0.4, -0.2) is 33.7 Å². The zero-order valence-corrected chi connectivity index (χ0v) is 17.9. The van der Waals surface area contributed by atoms with Crippen molar-refractivity contribution in [2.24, 2.45) is 0 Å². The van der Waals surface area contributed by atoms with E-state index < -0.39 is 0 Å². The van der Waals surface area contributed by atoms with Crippen LogP contribution in [0.25, 0.3) is 16.6 Å². The first-order valence-electron chi connectivity index (χ1n) is 10.1. The Morgan fingerprint density at radius 2 is 1.90 bits per heavy atom. The Morgan fingerprint density at radius 1 is 1.14 bits per heavy atom. The Kier molecular flexibility index (Phi) is 5.36. The number of hydrogen-bond acceptors (Lipinski definition) is 3. The Hall–Kier alpha value is -2.37. The molecule has 3 aromatic rings. The van der Waals surface area contributed by atoms with Gasteiger partial charge in [0.05, 0.1) is 21.6 Å². The molecular formula is C23H26ClN3O2. The number of rotatable bonds is 4. The summed E-state index contributed by atoms with van der Waals surface area (Å²) >= 11 is 6.36. The molecule has 0 amide bonds. The van der Waals surface area contributed by atoms with Crippen molar-refractivity contribution in [2.45, 2.75) is 45.7 Å². The first-order chi connectivity index (χ1) is 13.9. The molecule has 1 aliphatic rings. The fourth-order valence-corrected chi connectivity index (χ4v) is 4.76. The molecule has 5 nitrogen and oxygen atoms in total. The number of aromatic nitrogens is 2. The number of para-hydroxylation sites is 1. The topological polar surface area (TPSA) is 47.2 Å². The van der Waals surface area contributed by atoms with Gasteiger partial charge in [-0.3, -0.25) is 9.36 Å². The standard InChI is InChI=1S/C23H26ClN3O2/c1-15-13-16(2)21-20(14-15)26(12-10-17-7-6-11-25(17)3)23(29)27(22(21)28)19-9-5-4-8-18(19)24/h4-5,8-9,13-14,17H,6-7,10-12H2,1-3H3. The molecule has 1 aromatic heterocycles. The summed E-state index contributed by atoms with van der Waals surface area (Å²) in [6, 6.07) is 11.4. The second kappa shape index (κ2) is 7.81. The lowest BCUT2D eigenvalue weighted by Crippen LogP contribution is -2.40. The van der Waals surface area contributed by atoms with Crippen LogP contribution in [-0.2, 0) is 6.54 Å². The van der Waals surface area contributed by atoms with Crippen LogP contribution in [0.4, 0.5) is 0 Å². The van der Waals surface area contributed by atoms with Crippen molar-refractivity contribution in [3.05, 3.63) is 73.4 Å². The number of benzene rings is 2. The zero-order valence-electron chi connectivity index (χ0n) is 17.1. The summed E-state index contributed by atoms with van der Waals surface area (Å²) in [7, 11) is 2.14. The van der Waals surface area contributed by atoms with Crippen molar-refractivity contribution in [3.63, 3.8) is 0 Å². The predicted molar refractivity (Wildman–Crippen MR) is 119 cm³/mol. The third-order valence-corrected chi connectivity index (χ3v) is 6.36. The maximum atomic E-state index is 13.5. The van der Waals surface area contributed by atoms with E-state index in [0.29, 0.717) is 34.2 Å². The first-order valence-corrected chi connectivity index (χ1v) is 10.5. The summed E-state index contributed by atoms with van der Waals surface area (Å²) in [5, 5.41) is 0.966. The third-order valence-electron chi connectivity index (χ3n) is 6.04. The molecule has 1 fully saturated rings. The lowest BCUT2D eigenvalue weighted by atomic mass is 10.1. The quantitative estimate of drug-likeness (QED) is 0.654. The lowest BCUT2D eigenvalue weighted by Gasteiger charge is -2.21. The van der Waals surface area contributed by atoms with E-state index in [1.54, 1.807) is 28.8 Å². The Balaban J connectivity index is 1.96. The molecule has 29 heavy (non-hydrogen) atoms. The number of nitrogens with zero attached hydrogens (tertiary/aromatic N) is 3. The fraction of sp³-hybridized carbons (Fsp3) is 0.391. The molecule has 0 radical (unpaired) electrons. The third kappa shape index (κ3) is 3.53. The van der Waals surface area contributed by atoms with Gasteiger partial charge in [0.1, 0.15) is 0 Å². The number of aryl methyl sites for hydroxylation is 3. The Morgan fingerprint density at radius 3 is 2.59 bits per heavy atom. The van der Waals surface area contributed by atoms with Gasteiger partial charge in [-0.05, 0) is 76.0 Å². The summed E-state index contributed by atoms with van der Waals surface area (Å²) in [5.74, 6) is 0. The maximum Gasteiger partial charge on any atom is 0.336 e. The molecule has 0 aliphatic carbocycles. The molecule has 0 N–H and O–H groups in total. The van der Waals surface area contributed by atoms with E-state index in [1.165, 1.54) is 11.0 Å². The second-order valence-electron chi connectivity index (χ2n) is 8.07. The van der Waals surface area contributed by atoms with Gasteiger partial charge in [0.2, 0.25) is 0 Å². The van der Waals surface area contributed by atoms with Gasteiger partial charge in [-0.15, -0.1) is 0 Å². The highest BCUT2D eigenvalue weighted by Crippen LogP contribution is 2.22.